The van der Waals surface area contributed by atoms with Gasteiger partial charge in [0.25, 0.3) is 71.8 Å². The molecule has 18 N–H and O–H groups in total. The predicted octanol–water partition coefficient (Wildman–Crippen LogP) is 5.60. The fourth-order valence-electron chi connectivity index (χ4n) is 13.1. The van der Waals surface area contributed by atoms with Crippen molar-refractivity contribution in [2.24, 2.45) is 0 Å². The number of aromatic nitrogens is 8. The summed E-state index contributed by atoms with van der Waals surface area (Å²) in [6.07, 6.45) is 0. The summed E-state index contributed by atoms with van der Waals surface area (Å²) in [5.74, 6) is -10.6. The molecule has 0 amide bonds. The van der Waals surface area contributed by atoms with Crippen molar-refractivity contribution in [2.45, 2.75) is 29.4 Å². The maximum Gasteiger partial charge on any atom is 0.322 e. The number of rotatable bonds is 29. The zero-order valence-electron chi connectivity index (χ0n) is 59.6. The molecule has 120 heavy (non-hydrogen) atoms. The Hall–Kier alpha value is -14.3. The van der Waals surface area contributed by atoms with E-state index < -0.39 is 243 Å². The molecule has 0 fully saturated rings. The number of carbonyl (C=O) groups excluding carboxylic acids is 4. The van der Waals surface area contributed by atoms with Crippen LogP contribution in [0.4, 0.5) is 69.8 Å². The van der Waals surface area contributed by atoms with Crippen molar-refractivity contribution in [3.63, 3.8) is 0 Å². The van der Waals surface area contributed by atoms with Crippen molar-refractivity contribution in [3.05, 3.63) is 211 Å². The predicted molar refractivity (Wildman–Crippen MR) is 420 cm³/mol. The number of aliphatic carboxylic acids is 2. The van der Waals surface area contributed by atoms with Crippen LogP contribution in [-0.2, 0) is 70.3 Å². The van der Waals surface area contributed by atoms with Crippen LogP contribution < -0.4 is 53.7 Å². The molecule has 614 valence electrons. The normalized spacial score (nSPS) is 12.6. The van der Waals surface area contributed by atoms with Crippen LogP contribution in [-0.4, -0.2) is 189 Å². The number of ketones is 4. The van der Waals surface area contributed by atoms with Crippen LogP contribution in [0.3, 0.4) is 0 Å². The highest BCUT2D eigenvalue weighted by Gasteiger charge is 2.38. The van der Waals surface area contributed by atoms with E-state index in [0.717, 1.165) is 60.7 Å². The monoisotopic (exact) mass is 1750 g/mol. The lowest BCUT2D eigenvalue weighted by atomic mass is 9.80. The lowest BCUT2D eigenvalue weighted by Gasteiger charge is -2.25. The van der Waals surface area contributed by atoms with Crippen molar-refractivity contribution in [3.8, 4) is 22.3 Å². The second-order valence-electron chi connectivity index (χ2n) is 25.7. The summed E-state index contributed by atoms with van der Waals surface area (Å²) in [6, 6.07) is 25.8. The Morgan fingerprint density at radius 1 is 0.325 bits per heavy atom. The first-order valence-electron chi connectivity index (χ1n) is 33.6. The third-order valence-electron chi connectivity index (χ3n) is 18.0. The quantitative estimate of drug-likeness (QED) is 0.0154. The van der Waals surface area contributed by atoms with Crippen LogP contribution in [0, 0.1) is 0 Å². The zero-order chi connectivity index (χ0) is 86.4. The molecule has 0 radical (unpaired) electrons. The van der Waals surface area contributed by atoms with Crippen LogP contribution in [0.2, 0.25) is 0 Å². The fourth-order valence-corrected chi connectivity index (χ4v) is 16.9. The summed E-state index contributed by atoms with van der Waals surface area (Å²) in [7, 11) is -32.3. The first-order valence-corrected chi connectivity index (χ1v) is 42.3. The molecule has 0 spiro atoms. The van der Waals surface area contributed by atoms with E-state index >= 15 is 0 Å². The number of hydrogen-bond donors (Lipinski definition) is 18. The highest BCUT2D eigenvalue weighted by atomic mass is 32.2. The molecule has 4 aromatic heterocycles. The van der Waals surface area contributed by atoms with E-state index in [9.17, 15) is 126 Å². The fraction of sp³-hybridized carbons (Fsp3) is 0.0571. The lowest BCUT2D eigenvalue weighted by Crippen LogP contribution is -2.24. The molecule has 0 saturated heterocycles. The smallest absolute Gasteiger partial charge is 0.322 e. The van der Waals surface area contributed by atoms with E-state index in [0.29, 0.717) is 12.1 Å². The van der Waals surface area contributed by atoms with E-state index in [1.54, 1.807) is 0 Å². The van der Waals surface area contributed by atoms with E-state index in [2.05, 4.69) is 82.4 Å². The average Bonchev–Trinajstić information content (AvgIpc) is 0.687. The standard InChI is InChI=1S/C70H50N16O28S6/c87-49(88)27-73-67-81-65(83-69(85-67)79-43-23-41(45(117(103,104)105)25-47(43)119(109,110)111)75-39-17-15-37-53-51(33-11-1-3-13-35(33)61(93)55(39)53)57(63(95)77-37)59(91)29-7-5-9-31(21-29)115(97,98)99)71-19-20-72-66-82-68(74-28-50(89)90)86-70(84-66)80-44-24-42(46(118(106,107)108)26-48(44)120(112,113)114)76-40-18-16-38-54-52(34-12-2-4-14-36(34)62(94)56(40)54)58(64(96)78-38)60(92)30-8-6-10-32(22-30)116(100,101)102/h1-18,21-26,75-76H,19-20,27-28H2,(H,77,95)(H,78,96)(H,87,88)(H,89,90)(H,97,98,99)(H,100,101,102)(H,103,104,105)(H,106,107,108)(H,109,110,111)(H,112,113,114)(H3,71,73,79,81,83,85)(H3,72,74,80,82,84,86). The van der Waals surface area contributed by atoms with Gasteiger partial charge in [-0.1, -0.05) is 72.8 Å². The number of carboxylic acids is 2. The number of carbonyl (C=O) groups is 6. The van der Waals surface area contributed by atoms with E-state index in [1.165, 1.54) is 60.7 Å². The van der Waals surface area contributed by atoms with Crippen molar-refractivity contribution in [2.75, 3.05) is 68.7 Å². The highest BCUT2D eigenvalue weighted by molar-refractivity contribution is 7.87. The molecule has 2 aliphatic carbocycles. The summed E-state index contributed by atoms with van der Waals surface area (Å²) in [4.78, 5) is 133. The molecular weight excluding hydrogens is 1710 g/mol. The van der Waals surface area contributed by atoms with E-state index in [-0.39, 0.29) is 89.8 Å². The van der Waals surface area contributed by atoms with Gasteiger partial charge in [0.2, 0.25) is 35.7 Å². The Bertz CT molecular complexity index is 7040. The molecule has 44 nitrogen and oxygen atoms in total. The van der Waals surface area contributed by atoms with Gasteiger partial charge in [0, 0.05) is 68.3 Å². The van der Waals surface area contributed by atoms with Gasteiger partial charge in [-0.05, 0) is 83.9 Å². The average molecular weight is 1760 g/mol. The Kier molecular flexibility index (Phi) is 21.0. The van der Waals surface area contributed by atoms with Gasteiger partial charge in [0.1, 0.15) is 32.7 Å². The third kappa shape index (κ3) is 16.3. The SMILES string of the molecule is O=C(O)CNc1nc(NCCNc2nc(NCC(=O)O)nc(Nc3cc(Nc4ccc5[nH]c(=O)c(C(=O)c6cccc(S(=O)(=O)O)c6)c6c5c4C(=O)c4ccccc4-6)c(S(=O)(=O)O)cc3S(=O)(=O)O)n2)nc(Nc2cc(Nc3ccc4[nH]c(=O)c(C(=O)c5cccc(S(=O)(=O)O)c5)c5c4c3C(=O)c3ccccc3-5)c(S(=O)(=O)O)cc2S(=O)(=O)O)n1. The number of aromatic amines is 2. The van der Waals surface area contributed by atoms with Gasteiger partial charge in [0.15, 0.2) is 23.1 Å². The molecule has 0 saturated carbocycles. The van der Waals surface area contributed by atoms with Gasteiger partial charge in [-0.15, -0.1) is 0 Å². The van der Waals surface area contributed by atoms with Gasteiger partial charge in [0.05, 0.1) is 66.2 Å². The van der Waals surface area contributed by atoms with Gasteiger partial charge < -0.3 is 62.7 Å². The molecule has 0 aliphatic heterocycles. The summed E-state index contributed by atoms with van der Waals surface area (Å²) in [5, 5.41) is 39.3. The Morgan fingerprint density at radius 3 is 0.967 bits per heavy atom. The number of pyridine rings is 2. The minimum Gasteiger partial charge on any atom is -0.480 e. The molecule has 0 atom stereocenters. The van der Waals surface area contributed by atoms with Gasteiger partial charge in [-0.3, -0.25) is 65.7 Å². The van der Waals surface area contributed by atoms with Crippen LogP contribution >= 0.6 is 0 Å². The lowest BCUT2D eigenvalue weighted by molar-refractivity contribution is -0.136. The number of carboxylic acid groups (broad SMARTS) is 2. The van der Waals surface area contributed by atoms with Crippen LogP contribution in [0.1, 0.15) is 63.7 Å². The highest BCUT2D eigenvalue weighted by Crippen LogP contribution is 2.48. The maximum atomic E-state index is 14.8. The number of hydrogen-bond acceptors (Lipinski definition) is 34. The molecule has 50 heteroatoms. The van der Waals surface area contributed by atoms with Crippen LogP contribution in [0.25, 0.3) is 44.1 Å². The zero-order valence-corrected chi connectivity index (χ0v) is 64.5. The second kappa shape index (κ2) is 30.6. The molecule has 8 aromatic carbocycles. The van der Waals surface area contributed by atoms with Crippen molar-refractivity contribution in [1.82, 2.24) is 39.9 Å². The minimum absolute atomic E-state index is 0.0135. The van der Waals surface area contributed by atoms with Gasteiger partial charge >= 0.3 is 11.9 Å². The molecule has 2 aliphatic rings. The van der Waals surface area contributed by atoms with E-state index in [1.807, 2.05) is 0 Å². The molecule has 4 heterocycles. The maximum absolute atomic E-state index is 14.8. The number of H-pyrrole nitrogens is 2. The van der Waals surface area contributed by atoms with Crippen molar-refractivity contribution >= 4 is 187 Å². The van der Waals surface area contributed by atoms with Gasteiger partial charge in [-0.2, -0.15) is 80.4 Å². The minimum atomic E-state index is -5.63. The molecule has 0 bridgehead atoms. The molecule has 0 unspecified atom stereocenters. The Balaban J connectivity index is 0.785. The van der Waals surface area contributed by atoms with Crippen molar-refractivity contribution in [1.29, 1.82) is 0 Å². The number of nitrogens with zero attached hydrogens (tertiary/aromatic N) is 6. The van der Waals surface area contributed by atoms with Crippen LogP contribution in [0.5, 0.6) is 0 Å². The summed E-state index contributed by atoms with van der Waals surface area (Å²) >= 11 is 0. The first kappa shape index (κ1) is 82.2. The summed E-state index contributed by atoms with van der Waals surface area (Å²) in [5.41, 5.74) is -9.80. The first-order chi connectivity index (χ1) is 56.4. The summed E-state index contributed by atoms with van der Waals surface area (Å²) < 4.78 is 217. The third-order valence-corrected chi connectivity index (χ3v) is 23.3. The Labute approximate surface area is 671 Å². The van der Waals surface area contributed by atoms with Crippen molar-refractivity contribution < 1.29 is 117 Å². The molecular formula is C70H50N16O28S6. The topological polar surface area (TPSA) is 708 Å². The second-order valence-corrected chi connectivity index (χ2v) is 34.1. The van der Waals surface area contributed by atoms with Gasteiger partial charge in [-0.25, -0.2) is 0 Å². The molecule has 14 rings (SSSR count). The number of nitrogens with one attached hydrogen (secondary N) is 10. The largest absolute Gasteiger partial charge is 0.480 e. The number of benzene rings is 8. The number of anilines is 12. The van der Waals surface area contributed by atoms with Crippen LogP contribution in [0.15, 0.2) is 185 Å². The summed E-state index contributed by atoms with van der Waals surface area (Å²) in [6.45, 7) is -2.61. The number of fused-ring (bicyclic) bond motifs is 4. The molecule has 12 aromatic rings. The Morgan fingerprint density at radius 2 is 0.642 bits per heavy atom. The van der Waals surface area contributed by atoms with E-state index in [4.69, 9.17) is 0 Å².